The fourth-order valence-corrected chi connectivity index (χ4v) is 7.65. The summed E-state index contributed by atoms with van der Waals surface area (Å²) in [6.07, 6.45) is 0.867. The van der Waals surface area contributed by atoms with Crippen molar-refractivity contribution in [3.8, 4) is 5.75 Å². The van der Waals surface area contributed by atoms with Gasteiger partial charge in [-0.2, -0.15) is 0 Å². The molecule has 1 fully saturated rings. The average molecular weight is 390 g/mol. The number of rotatable bonds is 8. The smallest absolute Gasteiger partial charge is 0.183 e. The molecule has 2 rings (SSSR count). The first-order valence-electron chi connectivity index (χ1n) is 8.56. The molecule has 8 heteroatoms. The third-order valence-corrected chi connectivity index (χ3v) is 8.46. The highest BCUT2D eigenvalue weighted by Crippen LogP contribution is 2.27. The van der Waals surface area contributed by atoms with Gasteiger partial charge in [0.25, 0.3) is 0 Å². The Balaban J connectivity index is 2.21. The van der Waals surface area contributed by atoms with Crippen molar-refractivity contribution in [1.29, 1.82) is 0 Å². The quantitative estimate of drug-likeness (QED) is 0.727. The highest BCUT2D eigenvalue weighted by molar-refractivity contribution is 7.96. The maximum Gasteiger partial charge on any atom is 0.183 e. The lowest BCUT2D eigenvalue weighted by atomic mass is 10.1. The van der Waals surface area contributed by atoms with E-state index in [4.69, 9.17) is 4.74 Å². The highest BCUT2D eigenvalue weighted by atomic mass is 32.2. The molecular formula is C17H27NO5S2. The van der Waals surface area contributed by atoms with Gasteiger partial charge in [-0.25, -0.2) is 16.8 Å². The van der Waals surface area contributed by atoms with Crippen molar-refractivity contribution < 1.29 is 21.6 Å². The minimum absolute atomic E-state index is 0.133. The molecule has 1 heterocycles. The van der Waals surface area contributed by atoms with E-state index in [9.17, 15) is 16.8 Å². The fraction of sp³-hybridized carbons (Fsp3) is 0.647. The Morgan fingerprint density at radius 1 is 1.20 bits per heavy atom. The second-order valence-electron chi connectivity index (χ2n) is 6.81. The van der Waals surface area contributed by atoms with Crippen LogP contribution in [0.3, 0.4) is 0 Å². The zero-order chi connectivity index (χ0) is 18.7. The van der Waals surface area contributed by atoms with Gasteiger partial charge in [-0.05, 0) is 50.1 Å². The SMILES string of the molecule is CCOc1ccc(S(=O)(=O)[C@@H]2CS(=O)(=O)C[C@H]2NCCC(C)C)cc1. The summed E-state index contributed by atoms with van der Waals surface area (Å²) in [5.74, 6) is 0.590. The van der Waals surface area contributed by atoms with Crippen molar-refractivity contribution in [3.63, 3.8) is 0 Å². The summed E-state index contributed by atoms with van der Waals surface area (Å²) >= 11 is 0. The minimum atomic E-state index is -3.74. The Morgan fingerprint density at radius 3 is 2.40 bits per heavy atom. The van der Waals surface area contributed by atoms with E-state index in [-0.39, 0.29) is 16.4 Å². The van der Waals surface area contributed by atoms with Crippen LogP contribution in [0.4, 0.5) is 0 Å². The van der Waals surface area contributed by atoms with Crippen LogP contribution in [0.5, 0.6) is 5.75 Å². The number of hydrogen-bond acceptors (Lipinski definition) is 6. The van der Waals surface area contributed by atoms with Crippen molar-refractivity contribution >= 4 is 19.7 Å². The molecule has 0 radical (unpaired) electrons. The minimum Gasteiger partial charge on any atom is -0.494 e. The van der Waals surface area contributed by atoms with Crippen LogP contribution in [0.1, 0.15) is 27.2 Å². The number of sulfone groups is 2. The molecule has 0 spiro atoms. The molecule has 2 atom stereocenters. The summed E-state index contributed by atoms with van der Waals surface area (Å²) in [5, 5.41) is 2.19. The van der Waals surface area contributed by atoms with Gasteiger partial charge in [0.2, 0.25) is 0 Å². The Bertz CT molecular complexity index is 770. The van der Waals surface area contributed by atoms with Crippen LogP contribution in [0.15, 0.2) is 29.2 Å². The molecule has 0 saturated carbocycles. The average Bonchev–Trinajstić information content (AvgIpc) is 2.83. The van der Waals surface area contributed by atoms with Gasteiger partial charge in [0.1, 0.15) is 5.75 Å². The topological polar surface area (TPSA) is 89.5 Å². The van der Waals surface area contributed by atoms with Crippen molar-refractivity contribution in [2.75, 3.05) is 24.7 Å². The third kappa shape index (κ3) is 5.18. The van der Waals surface area contributed by atoms with Crippen molar-refractivity contribution in [1.82, 2.24) is 5.32 Å². The predicted molar refractivity (Wildman–Crippen MR) is 98.5 cm³/mol. The van der Waals surface area contributed by atoms with Crippen molar-refractivity contribution in [2.45, 2.75) is 43.4 Å². The number of ether oxygens (including phenoxy) is 1. The molecular weight excluding hydrogens is 362 g/mol. The number of benzene rings is 1. The van der Waals surface area contributed by atoms with Crippen molar-refractivity contribution in [3.05, 3.63) is 24.3 Å². The van der Waals surface area contributed by atoms with Crippen molar-refractivity contribution in [2.24, 2.45) is 5.92 Å². The van der Waals surface area contributed by atoms with Crippen LogP contribution >= 0.6 is 0 Å². The van der Waals surface area contributed by atoms with E-state index in [1.54, 1.807) is 12.1 Å². The van der Waals surface area contributed by atoms with Crippen LogP contribution < -0.4 is 10.1 Å². The van der Waals surface area contributed by atoms with Gasteiger partial charge in [-0.15, -0.1) is 0 Å². The standard InChI is InChI=1S/C17H27NO5S2/c1-4-23-14-5-7-15(8-6-14)25(21,22)17-12-24(19,20)11-16(17)18-10-9-13(2)3/h5-8,13,16-18H,4,9-12H2,1-3H3/t16-,17-/m1/s1. The molecule has 0 aliphatic carbocycles. The van der Waals surface area contributed by atoms with Gasteiger partial charge in [0, 0.05) is 6.04 Å². The Kier molecular flexibility index (Phi) is 6.51. The van der Waals surface area contributed by atoms with Crippen LogP contribution in [-0.2, 0) is 19.7 Å². The number of hydrogen-bond donors (Lipinski definition) is 1. The monoisotopic (exact) mass is 389 g/mol. The third-order valence-electron chi connectivity index (χ3n) is 4.29. The first kappa shape index (κ1) is 20.2. The molecule has 0 unspecified atom stereocenters. The zero-order valence-electron chi connectivity index (χ0n) is 14.9. The molecule has 1 N–H and O–H groups in total. The zero-order valence-corrected chi connectivity index (χ0v) is 16.6. The van der Waals surface area contributed by atoms with E-state index in [2.05, 4.69) is 19.2 Å². The molecule has 1 aliphatic rings. The Morgan fingerprint density at radius 2 is 1.84 bits per heavy atom. The van der Waals surface area contributed by atoms with E-state index in [1.165, 1.54) is 12.1 Å². The van der Waals surface area contributed by atoms with Gasteiger partial charge >= 0.3 is 0 Å². The summed E-state index contributed by atoms with van der Waals surface area (Å²) in [6.45, 7) is 7.09. The molecule has 1 aromatic rings. The van der Waals surface area contributed by atoms with Crippen LogP contribution in [0.25, 0.3) is 0 Å². The van der Waals surface area contributed by atoms with Crippen LogP contribution in [0, 0.1) is 5.92 Å². The summed E-state index contributed by atoms with van der Waals surface area (Å²) in [5.41, 5.74) is 0. The van der Waals surface area contributed by atoms with E-state index < -0.39 is 31.0 Å². The maximum atomic E-state index is 13.0. The lowest BCUT2D eigenvalue weighted by Gasteiger charge is -2.20. The van der Waals surface area contributed by atoms with E-state index in [0.717, 1.165) is 6.42 Å². The second-order valence-corrected chi connectivity index (χ2v) is 11.1. The summed E-state index contributed by atoms with van der Waals surface area (Å²) in [4.78, 5) is 0.133. The lowest BCUT2D eigenvalue weighted by Crippen LogP contribution is -2.43. The van der Waals surface area contributed by atoms with Gasteiger partial charge in [0.15, 0.2) is 19.7 Å². The molecule has 1 aliphatic heterocycles. The van der Waals surface area contributed by atoms with Crippen LogP contribution in [0.2, 0.25) is 0 Å². The first-order valence-corrected chi connectivity index (χ1v) is 11.9. The molecule has 142 valence electrons. The lowest BCUT2D eigenvalue weighted by molar-refractivity contribution is 0.340. The molecule has 6 nitrogen and oxygen atoms in total. The highest BCUT2D eigenvalue weighted by Gasteiger charge is 2.45. The second kappa shape index (κ2) is 8.05. The normalized spacial score (nSPS) is 23.0. The Hall–Kier alpha value is -1.12. The summed E-state index contributed by atoms with van der Waals surface area (Å²) < 4.78 is 55.3. The van der Waals surface area contributed by atoms with Gasteiger partial charge < -0.3 is 10.1 Å². The van der Waals surface area contributed by atoms with Gasteiger partial charge in [-0.3, -0.25) is 0 Å². The van der Waals surface area contributed by atoms with E-state index >= 15 is 0 Å². The molecule has 0 amide bonds. The van der Waals surface area contributed by atoms with Crippen LogP contribution in [-0.4, -0.2) is 52.8 Å². The van der Waals surface area contributed by atoms with E-state index in [0.29, 0.717) is 24.8 Å². The first-order chi connectivity index (χ1) is 11.7. The molecule has 1 saturated heterocycles. The molecule has 0 bridgehead atoms. The predicted octanol–water partition coefficient (Wildman–Crippen LogP) is 1.66. The van der Waals surface area contributed by atoms with Gasteiger partial charge in [0.05, 0.1) is 28.3 Å². The maximum absolute atomic E-state index is 13.0. The number of nitrogens with one attached hydrogen (secondary N) is 1. The molecule has 1 aromatic carbocycles. The summed E-state index contributed by atoms with van der Waals surface area (Å²) in [7, 11) is -7.11. The van der Waals surface area contributed by atoms with E-state index in [1.807, 2.05) is 6.92 Å². The largest absolute Gasteiger partial charge is 0.494 e. The summed E-state index contributed by atoms with van der Waals surface area (Å²) in [6, 6.07) is 5.59. The molecule has 0 aromatic heterocycles. The Labute approximate surface area is 150 Å². The fourth-order valence-electron chi connectivity index (χ4n) is 2.94. The van der Waals surface area contributed by atoms with Gasteiger partial charge in [-0.1, -0.05) is 13.8 Å². The molecule has 25 heavy (non-hydrogen) atoms.